The molecule has 26 heavy (non-hydrogen) atoms. The van der Waals surface area contributed by atoms with Crippen molar-refractivity contribution in [1.82, 2.24) is 9.97 Å². The standard InChI is InChI=1S/C16H16N4O5S/c1-8-5-10-11(19-16(22)18-10)7-14(8)26(23,24)20-12-6-9(15(17)21)3-4-13(12)25-2/h3-7,20H,1-2H3,(H2,17,21)(H2,18,19,22). The number of nitrogens with one attached hydrogen (secondary N) is 3. The second-order valence-corrected chi connectivity index (χ2v) is 7.28. The summed E-state index contributed by atoms with van der Waals surface area (Å²) in [6, 6.07) is 7.08. The second-order valence-electron chi connectivity index (χ2n) is 5.63. The van der Waals surface area contributed by atoms with Crippen molar-refractivity contribution < 1.29 is 17.9 Å². The van der Waals surface area contributed by atoms with E-state index in [1.54, 1.807) is 13.0 Å². The molecule has 5 N–H and O–H groups in total. The van der Waals surface area contributed by atoms with Crippen LogP contribution < -0.4 is 20.9 Å². The molecule has 0 aliphatic carbocycles. The van der Waals surface area contributed by atoms with E-state index in [-0.39, 0.29) is 21.9 Å². The van der Waals surface area contributed by atoms with Gasteiger partial charge in [0, 0.05) is 5.56 Å². The number of H-pyrrole nitrogens is 2. The molecule has 0 fully saturated rings. The molecule has 0 bridgehead atoms. The number of imidazole rings is 1. The SMILES string of the molecule is COc1ccc(C(N)=O)cc1NS(=O)(=O)c1cc2[nH]c(=O)[nH]c2cc1C. The number of carbonyl (C=O) groups is 1. The van der Waals surface area contributed by atoms with Gasteiger partial charge in [-0.05, 0) is 42.8 Å². The van der Waals surface area contributed by atoms with Crippen molar-refractivity contribution in [3.05, 3.63) is 51.9 Å². The minimum absolute atomic E-state index is 0.0215. The molecule has 0 radical (unpaired) electrons. The molecular weight excluding hydrogens is 360 g/mol. The maximum Gasteiger partial charge on any atom is 0.323 e. The highest BCUT2D eigenvalue weighted by Crippen LogP contribution is 2.29. The Labute approximate surface area is 148 Å². The molecule has 0 atom stereocenters. The quantitative estimate of drug-likeness (QED) is 0.526. The van der Waals surface area contributed by atoms with Gasteiger partial charge in [-0.25, -0.2) is 13.2 Å². The van der Waals surface area contributed by atoms with Crippen molar-refractivity contribution in [3.8, 4) is 5.75 Å². The van der Waals surface area contributed by atoms with Crippen molar-refractivity contribution in [3.63, 3.8) is 0 Å². The smallest absolute Gasteiger partial charge is 0.323 e. The van der Waals surface area contributed by atoms with Crippen molar-refractivity contribution in [2.75, 3.05) is 11.8 Å². The number of sulfonamides is 1. The zero-order valence-corrected chi connectivity index (χ0v) is 14.7. The first-order valence-electron chi connectivity index (χ1n) is 7.44. The molecule has 10 heteroatoms. The summed E-state index contributed by atoms with van der Waals surface area (Å²) in [6.45, 7) is 1.61. The number of hydrogen-bond acceptors (Lipinski definition) is 5. The number of aromatic amines is 2. The predicted molar refractivity (Wildman–Crippen MR) is 96.0 cm³/mol. The number of aryl methyl sites for hydroxylation is 1. The lowest BCUT2D eigenvalue weighted by atomic mass is 10.2. The van der Waals surface area contributed by atoms with Crippen LogP contribution in [0.15, 0.2) is 40.0 Å². The van der Waals surface area contributed by atoms with Gasteiger partial charge in [0.1, 0.15) is 5.75 Å². The van der Waals surface area contributed by atoms with Crippen LogP contribution in [-0.2, 0) is 10.0 Å². The van der Waals surface area contributed by atoms with Gasteiger partial charge in [0.15, 0.2) is 0 Å². The van der Waals surface area contributed by atoms with E-state index in [4.69, 9.17) is 10.5 Å². The Balaban J connectivity index is 2.09. The lowest BCUT2D eigenvalue weighted by Crippen LogP contribution is -2.16. The summed E-state index contributed by atoms with van der Waals surface area (Å²) in [5.74, 6) is -0.469. The molecule has 1 amide bonds. The van der Waals surface area contributed by atoms with E-state index in [0.717, 1.165) is 0 Å². The molecule has 1 aromatic heterocycles. The first kappa shape index (κ1) is 17.5. The van der Waals surface area contributed by atoms with Gasteiger partial charge in [0.05, 0.1) is 28.7 Å². The highest BCUT2D eigenvalue weighted by Gasteiger charge is 2.21. The number of anilines is 1. The number of aromatic nitrogens is 2. The summed E-state index contributed by atoms with van der Waals surface area (Å²) >= 11 is 0. The van der Waals surface area contributed by atoms with Gasteiger partial charge in [0.25, 0.3) is 10.0 Å². The van der Waals surface area contributed by atoms with Crippen LogP contribution in [0.1, 0.15) is 15.9 Å². The van der Waals surface area contributed by atoms with E-state index >= 15 is 0 Å². The van der Waals surface area contributed by atoms with E-state index in [9.17, 15) is 18.0 Å². The van der Waals surface area contributed by atoms with Crippen LogP contribution in [0.5, 0.6) is 5.75 Å². The summed E-state index contributed by atoms with van der Waals surface area (Å²) in [5, 5.41) is 0. The van der Waals surface area contributed by atoms with Crippen LogP contribution in [0.2, 0.25) is 0 Å². The van der Waals surface area contributed by atoms with Crippen molar-refractivity contribution >= 4 is 32.7 Å². The molecule has 2 aromatic carbocycles. The van der Waals surface area contributed by atoms with Gasteiger partial charge in [0.2, 0.25) is 5.91 Å². The van der Waals surface area contributed by atoms with Crippen LogP contribution in [0.25, 0.3) is 11.0 Å². The summed E-state index contributed by atoms with van der Waals surface area (Å²) in [5.41, 5.74) is 6.31. The average molecular weight is 376 g/mol. The number of fused-ring (bicyclic) bond motifs is 1. The number of rotatable bonds is 5. The van der Waals surface area contributed by atoms with Gasteiger partial charge >= 0.3 is 5.69 Å². The molecule has 0 unspecified atom stereocenters. The number of benzene rings is 2. The van der Waals surface area contributed by atoms with Crippen molar-refractivity contribution in [1.29, 1.82) is 0 Å². The van der Waals surface area contributed by atoms with Crippen molar-refractivity contribution in [2.45, 2.75) is 11.8 Å². The lowest BCUT2D eigenvalue weighted by Gasteiger charge is -2.14. The van der Waals surface area contributed by atoms with Crippen LogP contribution >= 0.6 is 0 Å². The predicted octanol–water partition coefficient (Wildman–Crippen LogP) is 1.07. The largest absolute Gasteiger partial charge is 0.495 e. The minimum Gasteiger partial charge on any atom is -0.495 e. The molecule has 0 saturated heterocycles. The molecule has 0 aliphatic heterocycles. The van der Waals surface area contributed by atoms with Gasteiger partial charge in [-0.3, -0.25) is 9.52 Å². The average Bonchev–Trinajstić information content (AvgIpc) is 2.92. The van der Waals surface area contributed by atoms with E-state index in [1.807, 2.05) is 0 Å². The highest BCUT2D eigenvalue weighted by atomic mass is 32.2. The molecule has 0 aliphatic rings. The first-order valence-corrected chi connectivity index (χ1v) is 8.93. The summed E-state index contributed by atoms with van der Waals surface area (Å²) < 4.78 is 33.2. The Bertz CT molecular complexity index is 1180. The number of primary amides is 1. The highest BCUT2D eigenvalue weighted by molar-refractivity contribution is 7.92. The topological polar surface area (TPSA) is 147 Å². The number of nitrogens with two attached hydrogens (primary N) is 1. The Morgan fingerprint density at radius 3 is 2.42 bits per heavy atom. The Hall–Kier alpha value is -3.27. The summed E-state index contributed by atoms with van der Waals surface area (Å²) in [6.07, 6.45) is 0. The Morgan fingerprint density at radius 2 is 1.81 bits per heavy atom. The van der Waals surface area contributed by atoms with E-state index in [0.29, 0.717) is 16.6 Å². The number of carbonyl (C=O) groups excluding carboxylic acids is 1. The lowest BCUT2D eigenvalue weighted by molar-refractivity contribution is 0.100. The molecule has 1 heterocycles. The van der Waals surface area contributed by atoms with E-state index < -0.39 is 21.6 Å². The van der Waals surface area contributed by atoms with E-state index in [1.165, 1.54) is 31.4 Å². The third-order valence-corrected chi connectivity index (χ3v) is 5.34. The van der Waals surface area contributed by atoms with Gasteiger partial charge in [-0.15, -0.1) is 0 Å². The van der Waals surface area contributed by atoms with Crippen LogP contribution in [-0.4, -0.2) is 31.4 Å². The fourth-order valence-corrected chi connectivity index (χ4v) is 3.92. The maximum atomic E-state index is 12.8. The molecule has 136 valence electrons. The van der Waals surface area contributed by atoms with Gasteiger partial charge in [-0.1, -0.05) is 0 Å². The maximum absolute atomic E-state index is 12.8. The Kier molecular flexibility index (Phi) is 4.20. The number of amides is 1. The van der Waals surface area contributed by atoms with Crippen LogP contribution in [0, 0.1) is 6.92 Å². The zero-order valence-electron chi connectivity index (χ0n) is 13.9. The fraction of sp³-hybridized carbons (Fsp3) is 0.125. The Morgan fingerprint density at radius 1 is 1.15 bits per heavy atom. The molecule has 3 rings (SSSR count). The molecule has 9 nitrogen and oxygen atoms in total. The molecule has 0 spiro atoms. The number of methoxy groups -OCH3 is 1. The van der Waals surface area contributed by atoms with Crippen LogP contribution in [0.3, 0.4) is 0 Å². The second kappa shape index (κ2) is 6.23. The third-order valence-electron chi connectivity index (χ3n) is 3.83. The normalized spacial score (nSPS) is 11.5. The summed E-state index contributed by atoms with van der Waals surface area (Å²) in [7, 11) is -2.65. The van der Waals surface area contributed by atoms with Gasteiger partial charge in [-0.2, -0.15) is 0 Å². The van der Waals surface area contributed by atoms with E-state index in [2.05, 4.69) is 14.7 Å². The zero-order chi connectivity index (χ0) is 19.1. The van der Waals surface area contributed by atoms with Crippen molar-refractivity contribution in [2.24, 2.45) is 5.73 Å². The van der Waals surface area contributed by atoms with Gasteiger partial charge < -0.3 is 20.4 Å². The number of hydrogen-bond donors (Lipinski definition) is 4. The monoisotopic (exact) mass is 376 g/mol. The first-order chi connectivity index (χ1) is 12.2. The summed E-state index contributed by atoms with van der Waals surface area (Å²) in [4.78, 5) is 27.8. The van der Waals surface area contributed by atoms with Crippen LogP contribution in [0.4, 0.5) is 5.69 Å². The molecular formula is C16H16N4O5S. The number of ether oxygens (including phenoxy) is 1. The molecule has 3 aromatic rings. The third kappa shape index (κ3) is 3.14. The minimum atomic E-state index is -4.02. The fourth-order valence-electron chi connectivity index (χ4n) is 2.60. The molecule has 0 saturated carbocycles.